The maximum absolute atomic E-state index is 8.90. The average molecular weight is 238 g/mol. The van der Waals surface area contributed by atoms with Gasteiger partial charge < -0.3 is 4.74 Å². The van der Waals surface area contributed by atoms with Crippen LogP contribution in [0.4, 0.5) is 0 Å². The molecule has 0 bridgehead atoms. The first-order valence-corrected chi connectivity index (χ1v) is 5.62. The van der Waals surface area contributed by atoms with Gasteiger partial charge in [-0.2, -0.15) is 5.26 Å². The average Bonchev–Trinajstić information content (AvgIpc) is 2.16. The molecule has 0 radical (unpaired) electrons. The van der Waals surface area contributed by atoms with Crippen molar-refractivity contribution in [2.75, 3.05) is 6.61 Å². The molecule has 0 N–H and O–H groups in total. The lowest BCUT2D eigenvalue weighted by atomic mass is 9.93. The van der Waals surface area contributed by atoms with E-state index in [4.69, 9.17) is 21.6 Å². The van der Waals surface area contributed by atoms with Crippen molar-refractivity contribution in [3.63, 3.8) is 0 Å². The molecule has 0 fully saturated rings. The molecule has 0 aromatic heterocycles. The number of hydrogen-bond donors (Lipinski definition) is 0. The fraction of sp³-hybridized carbons (Fsp3) is 0.462. The number of hydrogen-bond acceptors (Lipinski definition) is 2. The SMILES string of the molecule is CC(C)(C)CCOc1cc(Cl)ccc1C#N. The minimum absolute atomic E-state index is 0.228. The van der Waals surface area contributed by atoms with Crippen molar-refractivity contribution in [2.45, 2.75) is 27.2 Å². The predicted octanol–water partition coefficient (Wildman–Crippen LogP) is 4.03. The molecule has 0 aliphatic rings. The van der Waals surface area contributed by atoms with Crippen molar-refractivity contribution in [3.05, 3.63) is 28.8 Å². The van der Waals surface area contributed by atoms with E-state index in [9.17, 15) is 0 Å². The summed E-state index contributed by atoms with van der Waals surface area (Å²) in [4.78, 5) is 0. The topological polar surface area (TPSA) is 33.0 Å². The highest BCUT2D eigenvalue weighted by Crippen LogP contribution is 2.24. The Morgan fingerprint density at radius 3 is 2.62 bits per heavy atom. The van der Waals surface area contributed by atoms with Crippen LogP contribution in [0.5, 0.6) is 5.75 Å². The lowest BCUT2D eigenvalue weighted by Crippen LogP contribution is -2.11. The van der Waals surface area contributed by atoms with Crippen LogP contribution in [-0.4, -0.2) is 6.61 Å². The fourth-order valence-corrected chi connectivity index (χ4v) is 1.34. The zero-order valence-corrected chi connectivity index (χ0v) is 10.6. The van der Waals surface area contributed by atoms with Crippen LogP contribution < -0.4 is 4.74 Å². The standard InChI is InChI=1S/C13H16ClNO/c1-13(2,3)6-7-16-12-8-11(14)5-4-10(12)9-15/h4-5,8H,6-7H2,1-3H3. The van der Waals surface area contributed by atoms with Gasteiger partial charge in [-0.05, 0) is 24.0 Å². The molecule has 0 amide bonds. The van der Waals surface area contributed by atoms with E-state index in [2.05, 4.69) is 26.8 Å². The van der Waals surface area contributed by atoms with Gasteiger partial charge in [0.1, 0.15) is 11.8 Å². The summed E-state index contributed by atoms with van der Waals surface area (Å²) in [5.41, 5.74) is 0.754. The normalized spacial score (nSPS) is 10.9. The fourth-order valence-electron chi connectivity index (χ4n) is 1.18. The molecular weight excluding hydrogens is 222 g/mol. The minimum atomic E-state index is 0.228. The zero-order chi connectivity index (χ0) is 12.2. The first-order valence-electron chi connectivity index (χ1n) is 5.25. The molecule has 0 aliphatic carbocycles. The van der Waals surface area contributed by atoms with E-state index < -0.39 is 0 Å². The Kier molecular flexibility index (Phi) is 4.20. The monoisotopic (exact) mass is 237 g/mol. The van der Waals surface area contributed by atoms with Crippen molar-refractivity contribution >= 4 is 11.6 Å². The van der Waals surface area contributed by atoms with E-state index in [0.717, 1.165) is 6.42 Å². The second-order valence-corrected chi connectivity index (χ2v) is 5.35. The van der Waals surface area contributed by atoms with Crippen molar-refractivity contribution < 1.29 is 4.74 Å². The van der Waals surface area contributed by atoms with Crippen molar-refractivity contribution in [3.8, 4) is 11.8 Å². The summed E-state index contributed by atoms with van der Waals surface area (Å²) in [5, 5.41) is 9.48. The molecule has 0 spiro atoms. The lowest BCUT2D eigenvalue weighted by Gasteiger charge is -2.18. The number of rotatable bonds is 3. The second kappa shape index (κ2) is 5.23. The van der Waals surface area contributed by atoms with Gasteiger partial charge in [-0.15, -0.1) is 0 Å². The summed E-state index contributed by atoms with van der Waals surface area (Å²) in [5.74, 6) is 0.569. The van der Waals surface area contributed by atoms with Crippen LogP contribution in [-0.2, 0) is 0 Å². The van der Waals surface area contributed by atoms with Gasteiger partial charge in [0.25, 0.3) is 0 Å². The van der Waals surface area contributed by atoms with Crippen LogP contribution in [0.1, 0.15) is 32.8 Å². The minimum Gasteiger partial charge on any atom is -0.492 e. The molecule has 0 saturated heterocycles. The van der Waals surface area contributed by atoms with Crippen LogP contribution in [0.3, 0.4) is 0 Å². The Morgan fingerprint density at radius 1 is 1.38 bits per heavy atom. The van der Waals surface area contributed by atoms with E-state index >= 15 is 0 Å². The summed E-state index contributed by atoms with van der Waals surface area (Å²) < 4.78 is 5.58. The Bertz CT molecular complexity index is 401. The smallest absolute Gasteiger partial charge is 0.138 e. The van der Waals surface area contributed by atoms with E-state index in [1.807, 2.05) is 0 Å². The molecule has 1 aromatic carbocycles. The highest BCUT2D eigenvalue weighted by molar-refractivity contribution is 6.30. The van der Waals surface area contributed by atoms with Gasteiger partial charge in [-0.25, -0.2) is 0 Å². The van der Waals surface area contributed by atoms with Crippen molar-refractivity contribution in [1.82, 2.24) is 0 Å². The van der Waals surface area contributed by atoms with Gasteiger partial charge in [-0.3, -0.25) is 0 Å². The highest BCUT2D eigenvalue weighted by atomic mass is 35.5. The Labute approximate surface area is 102 Å². The van der Waals surface area contributed by atoms with Crippen LogP contribution in [0, 0.1) is 16.7 Å². The molecule has 0 unspecified atom stereocenters. The van der Waals surface area contributed by atoms with Crippen LogP contribution in [0.25, 0.3) is 0 Å². The van der Waals surface area contributed by atoms with E-state index in [1.54, 1.807) is 18.2 Å². The number of benzene rings is 1. The molecule has 3 heteroatoms. The largest absolute Gasteiger partial charge is 0.492 e. The van der Waals surface area contributed by atoms with E-state index in [-0.39, 0.29) is 5.41 Å². The molecule has 16 heavy (non-hydrogen) atoms. The number of nitriles is 1. The maximum Gasteiger partial charge on any atom is 0.138 e. The first kappa shape index (κ1) is 12.9. The molecule has 0 heterocycles. The summed E-state index contributed by atoms with van der Waals surface area (Å²) in [6.07, 6.45) is 0.935. The first-order chi connectivity index (χ1) is 7.42. The molecule has 86 valence electrons. The third-order valence-electron chi connectivity index (χ3n) is 2.17. The summed E-state index contributed by atoms with van der Waals surface area (Å²) in [6.45, 7) is 7.05. The second-order valence-electron chi connectivity index (χ2n) is 4.91. The maximum atomic E-state index is 8.90. The Hall–Kier alpha value is -1.20. The van der Waals surface area contributed by atoms with Crippen LogP contribution in [0.2, 0.25) is 5.02 Å². The van der Waals surface area contributed by atoms with E-state index in [0.29, 0.717) is 22.9 Å². The van der Waals surface area contributed by atoms with Gasteiger partial charge in [0.15, 0.2) is 0 Å². The van der Waals surface area contributed by atoms with Gasteiger partial charge in [-0.1, -0.05) is 32.4 Å². The zero-order valence-electron chi connectivity index (χ0n) is 9.88. The number of ether oxygens (including phenoxy) is 1. The summed E-state index contributed by atoms with van der Waals surface area (Å²) >= 11 is 5.85. The third kappa shape index (κ3) is 4.12. The van der Waals surface area contributed by atoms with Crippen molar-refractivity contribution in [2.24, 2.45) is 5.41 Å². The molecule has 0 atom stereocenters. The molecule has 0 aliphatic heterocycles. The van der Waals surface area contributed by atoms with Crippen LogP contribution in [0.15, 0.2) is 18.2 Å². The summed E-state index contributed by atoms with van der Waals surface area (Å²) in [6, 6.07) is 7.14. The van der Waals surface area contributed by atoms with Gasteiger partial charge in [0.2, 0.25) is 0 Å². The molecule has 1 aromatic rings. The van der Waals surface area contributed by atoms with Crippen LogP contribution >= 0.6 is 11.6 Å². The van der Waals surface area contributed by atoms with Crippen molar-refractivity contribution in [1.29, 1.82) is 5.26 Å². The lowest BCUT2D eigenvalue weighted by molar-refractivity contribution is 0.242. The third-order valence-corrected chi connectivity index (χ3v) is 2.41. The quantitative estimate of drug-likeness (QED) is 0.795. The molecular formula is C13H16ClNO. The summed E-state index contributed by atoms with van der Waals surface area (Å²) in [7, 11) is 0. The highest BCUT2D eigenvalue weighted by Gasteiger charge is 2.11. The molecule has 0 saturated carbocycles. The molecule has 1 rings (SSSR count). The van der Waals surface area contributed by atoms with Gasteiger partial charge in [0, 0.05) is 11.1 Å². The Balaban J connectivity index is 2.67. The number of halogens is 1. The van der Waals surface area contributed by atoms with Gasteiger partial charge >= 0.3 is 0 Å². The van der Waals surface area contributed by atoms with Gasteiger partial charge in [0.05, 0.1) is 12.2 Å². The molecule has 2 nitrogen and oxygen atoms in total. The predicted molar refractivity (Wildman–Crippen MR) is 65.7 cm³/mol. The van der Waals surface area contributed by atoms with E-state index in [1.165, 1.54) is 0 Å². The number of nitrogens with zero attached hydrogens (tertiary/aromatic N) is 1. The Morgan fingerprint density at radius 2 is 2.06 bits per heavy atom.